The van der Waals surface area contributed by atoms with E-state index in [1.165, 1.54) is 12.1 Å². The predicted octanol–water partition coefficient (Wildman–Crippen LogP) is 5.05. The summed E-state index contributed by atoms with van der Waals surface area (Å²) in [5.74, 6) is -0.287. The number of halogens is 5. The van der Waals surface area contributed by atoms with Crippen LogP contribution in [0.3, 0.4) is 0 Å². The molecule has 2 aromatic rings. The van der Waals surface area contributed by atoms with Gasteiger partial charge in [-0.3, -0.25) is 9.88 Å². The maximum absolute atomic E-state index is 12.3. The molecule has 1 aromatic heterocycles. The maximum atomic E-state index is 12.3. The summed E-state index contributed by atoms with van der Waals surface area (Å²) in [6.45, 7) is 1.87. The minimum absolute atomic E-state index is 0.106. The summed E-state index contributed by atoms with van der Waals surface area (Å²) in [5, 5.41) is 12.8. The van der Waals surface area contributed by atoms with Crippen molar-refractivity contribution < 1.29 is 23.0 Å². The van der Waals surface area contributed by atoms with Gasteiger partial charge in [0.1, 0.15) is 5.75 Å². The normalized spacial score (nSPS) is 15.2. The molecule has 0 atom stereocenters. The topological polar surface area (TPSA) is 57.6 Å². The van der Waals surface area contributed by atoms with E-state index in [1.807, 2.05) is 6.08 Å². The summed E-state index contributed by atoms with van der Waals surface area (Å²) in [6.07, 6.45) is -0.311. The molecule has 0 aliphatic carbocycles. The van der Waals surface area contributed by atoms with Gasteiger partial charge in [0, 0.05) is 25.0 Å². The van der Waals surface area contributed by atoms with Crippen molar-refractivity contribution in [2.24, 2.45) is 0 Å². The molecule has 0 fully saturated rings. The van der Waals surface area contributed by atoms with Crippen molar-refractivity contribution in [3.8, 4) is 5.75 Å². The molecule has 3 rings (SSSR count). The van der Waals surface area contributed by atoms with Gasteiger partial charge < -0.3 is 15.2 Å². The predicted molar refractivity (Wildman–Crippen MR) is 109 cm³/mol. The summed E-state index contributed by atoms with van der Waals surface area (Å²) in [6, 6.07) is 6.04. The molecule has 1 aliphatic rings. The van der Waals surface area contributed by atoms with Crippen molar-refractivity contribution in [3.05, 3.63) is 57.3 Å². The average Bonchev–Trinajstić information content (AvgIpc) is 2.68. The number of benzene rings is 1. The van der Waals surface area contributed by atoms with Crippen LogP contribution in [0.1, 0.15) is 17.7 Å². The Bertz CT molecular complexity index is 909. The molecule has 0 saturated carbocycles. The van der Waals surface area contributed by atoms with Crippen molar-refractivity contribution in [3.63, 3.8) is 0 Å². The Kier molecular flexibility index (Phi) is 7.05. The van der Waals surface area contributed by atoms with E-state index in [0.717, 1.165) is 24.2 Å². The quantitative estimate of drug-likeness (QED) is 0.591. The van der Waals surface area contributed by atoms with E-state index in [0.29, 0.717) is 29.5 Å². The standard InChI is InChI=1S/C19H18BrClF3N3O2/c20-15-8-14(1-2-17(15)29-19(22,23)24)26-11-27-5-3-13(4-6-27)18-16(21)7-12(10-28)9-25-18/h1-3,7-9,26,28H,4-6,10-11H2. The number of aliphatic hydroxyl groups is 1. The van der Waals surface area contributed by atoms with E-state index in [9.17, 15) is 13.2 Å². The monoisotopic (exact) mass is 491 g/mol. The van der Waals surface area contributed by atoms with Crippen molar-refractivity contribution in [1.29, 1.82) is 0 Å². The highest BCUT2D eigenvalue weighted by molar-refractivity contribution is 9.10. The lowest BCUT2D eigenvalue weighted by Crippen LogP contribution is -2.33. The van der Waals surface area contributed by atoms with Gasteiger partial charge in [-0.05, 0) is 57.8 Å². The van der Waals surface area contributed by atoms with Crippen LogP contribution in [0, 0.1) is 0 Å². The van der Waals surface area contributed by atoms with Gasteiger partial charge >= 0.3 is 6.36 Å². The van der Waals surface area contributed by atoms with Crippen LogP contribution in [0.2, 0.25) is 5.02 Å². The van der Waals surface area contributed by atoms with E-state index >= 15 is 0 Å². The molecular weight excluding hydrogens is 475 g/mol. The summed E-state index contributed by atoms with van der Waals surface area (Å²) < 4.78 is 41.2. The summed E-state index contributed by atoms with van der Waals surface area (Å²) in [7, 11) is 0. The van der Waals surface area contributed by atoms with E-state index in [4.69, 9.17) is 16.7 Å². The van der Waals surface area contributed by atoms with Crippen LogP contribution < -0.4 is 10.1 Å². The Morgan fingerprint density at radius 1 is 1.31 bits per heavy atom. The number of aliphatic hydroxyl groups excluding tert-OH is 1. The molecule has 2 N–H and O–H groups in total. The smallest absolute Gasteiger partial charge is 0.405 e. The van der Waals surface area contributed by atoms with Crippen molar-refractivity contribution >= 4 is 38.8 Å². The zero-order valence-corrected chi connectivity index (χ0v) is 17.5. The summed E-state index contributed by atoms with van der Waals surface area (Å²) >= 11 is 9.35. The van der Waals surface area contributed by atoms with E-state index in [2.05, 4.69) is 35.9 Å². The fourth-order valence-electron chi connectivity index (χ4n) is 2.89. The SMILES string of the molecule is OCc1cnc(C2=CCN(CNc3ccc(OC(F)(F)F)c(Br)c3)CC2)c(Cl)c1. The number of hydrogen-bond donors (Lipinski definition) is 2. The second kappa shape index (κ2) is 9.34. The molecule has 0 unspecified atom stereocenters. The Labute approximate surface area is 179 Å². The van der Waals surface area contributed by atoms with Gasteiger partial charge in [0.05, 0.1) is 28.5 Å². The van der Waals surface area contributed by atoms with Crippen molar-refractivity contribution in [2.75, 3.05) is 25.1 Å². The second-order valence-corrected chi connectivity index (χ2v) is 7.68. The third-order valence-electron chi connectivity index (χ3n) is 4.34. The molecule has 0 saturated heterocycles. The van der Waals surface area contributed by atoms with Crippen LogP contribution in [-0.4, -0.2) is 41.1 Å². The third kappa shape index (κ3) is 6.08. The number of rotatable bonds is 6. The van der Waals surface area contributed by atoms with Crippen molar-refractivity contribution in [2.45, 2.75) is 19.4 Å². The second-order valence-electron chi connectivity index (χ2n) is 6.42. The zero-order valence-electron chi connectivity index (χ0n) is 15.1. The van der Waals surface area contributed by atoms with Gasteiger partial charge in [0.25, 0.3) is 0 Å². The molecule has 2 heterocycles. The number of nitrogens with one attached hydrogen (secondary N) is 1. The first-order chi connectivity index (χ1) is 13.7. The number of alkyl halides is 3. The highest BCUT2D eigenvalue weighted by Gasteiger charge is 2.32. The maximum Gasteiger partial charge on any atom is 0.573 e. The molecule has 156 valence electrons. The number of ether oxygens (including phenoxy) is 1. The Morgan fingerprint density at radius 2 is 2.10 bits per heavy atom. The summed E-state index contributed by atoms with van der Waals surface area (Å²) in [5.41, 5.74) is 3.11. The molecule has 0 amide bonds. The van der Waals surface area contributed by atoms with Gasteiger partial charge in [-0.25, -0.2) is 0 Å². The first kappa shape index (κ1) is 21.9. The molecule has 1 aromatic carbocycles. The van der Waals surface area contributed by atoms with Crippen molar-refractivity contribution in [1.82, 2.24) is 9.88 Å². The lowest BCUT2D eigenvalue weighted by atomic mass is 10.0. The molecule has 29 heavy (non-hydrogen) atoms. The number of aromatic nitrogens is 1. The molecule has 1 aliphatic heterocycles. The van der Waals surface area contributed by atoms with Crippen LogP contribution in [0.15, 0.2) is 41.0 Å². The van der Waals surface area contributed by atoms with Crippen LogP contribution in [-0.2, 0) is 6.61 Å². The van der Waals surface area contributed by atoms with Crippen LogP contribution in [0.4, 0.5) is 18.9 Å². The first-order valence-electron chi connectivity index (χ1n) is 8.71. The van der Waals surface area contributed by atoms with Gasteiger partial charge in [-0.15, -0.1) is 13.2 Å². The largest absolute Gasteiger partial charge is 0.573 e. The highest BCUT2D eigenvalue weighted by atomic mass is 79.9. The minimum Gasteiger partial charge on any atom is -0.405 e. The van der Waals surface area contributed by atoms with E-state index < -0.39 is 6.36 Å². The van der Waals surface area contributed by atoms with Crippen LogP contribution in [0.5, 0.6) is 5.75 Å². The minimum atomic E-state index is -4.73. The summed E-state index contributed by atoms with van der Waals surface area (Å²) in [4.78, 5) is 6.49. The lowest BCUT2D eigenvalue weighted by Gasteiger charge is -2.27. The average molecular weight is 493 g/mol. The number of nitrogens with zero attached hydrogens (tertiary/aromatic N) is 2. The fourth-order valence-corrected chi connectivity index (χ4v) is 3.66. The molecule has 0 spiro atoms. The van der Waals surface area contributed by atoms with Crippen LogP contribution >= 0.6 is 27.5 Å². The van der Waals surface area contributed by atoms with Gasteiger partial charge in [0.2, 0.25) is 0 Å². The number of hydrogen-bond acceptors (Lipinski definition) is 5. The number of pyridine rings is 1. The first-order valence-corrected chi connectivity index (χ1v) is 9.88. The molecule has 0 bridgehead atoms. The fraction of sp³-hybridized carbons (Fsp3) is 0.316. The molecule has 10 heteroatoms. The molecule has 5 nitrogen and oxygen atoms in total. The Morgan fingerprint density at radius 3 is 2.69 bits per heavy atom. The van der Waals surface area contributed by atoms with E-state index in [-0.39, 0.29) is 16.8 Å². The highest BCUT2D eigenvalue weighted by Crippen LogP contribution is 2.32. The number of anilines is 1. The Balaban J connectivity index is 1.56. The molecule has 0 radical (unpaired) electrons. The van der Waals surface area contributed by atoms with Gasteiger partial charge in [-0.1, -0.05) is 17.7 Å². The Hall–Kier alpha value is -1.81. The van der Waals surface area contributed by atoms with E-state index in [1.54, 1.807) is 18.3 Å². The zero-order chi connectivity index (χ0) is 21.0. The third-order valence-corrected chi connectivity index (χ3v) is 5.25. The van der Waals surface area contributed by atoms with Crippen LogP contribution in [0.25, 0.3) is 5.57 Å². The molecular formula is C19H18BrClF3N3O2. The van der Waals surface area contributed by atoms with Gasteiger partial charge in [-0.2, -0.15) is 0 Å². The lowest BCUT2D eigenvalue weighted by molar-refractivity contribution is -0.274. The van der Waals surface area contributed by atoms with Gasteiger partial charge in [0.15, 0.2) is 0 Å².